The van der Waals surface area contributed by atoms with E-state index in [1.165, 1.54) is 0 Å². The van der Waals surface area contributed by atoms with Crippen LogP contribution in [0.1, 0.15) is 66.3 Å². The highest BCUT2D eigenvalue weighted by Gasteiger charge is 2.50. The lowest BCUT2D eigenvalue weighted by Gasteiger charge is -2.39. The number of ether oxygens (including phenoxy) is 1. The van der Waals surface area contributed by atoms with Gasteiger partial charge in [0.25, 0.3) is 5.91 Å². The molecule has 162 valence electrons. The second-order valence-corrected chi connectivity index (χ2v) is 10.1. The van der Waals surface area contributed by atoms with Crippen LogP contribution >= 0.6 is 0 Å². The fourth-order valence-electron chi connectivity index (χ4n) is 5.64. The minimum Gasteiger partial charge on any atom is -0.452 e. The monoisotopic (exact) mass is 419 g/mol. The van der Waals surface area contributed by atoms with E-state index >= 15 is 0 Å². The number of benzene rings is 2. The molecule has 5 nitrogen and oxygen atoms in total. The molecule has 1 aliphatic heterocycles. The van der Waals surface area contributed by atoms with E-state index in [4.69, 9.17) is 4.74 Å². The highest BCUT2D eigenvalue weighted by atomic mass is 16.5. The lowest BCUT2D eigenvalue weighted by Crippen LogP contribution is -2.39. The summed E-state index contributed by atoms with van der Waals surface area (Å²) in [4.78, 5) is 40.4. The van der Waals surface area contributed by atoms with Gasteiger partial charge in [0.1, 0.15) is 0 Å². The minimum absolute atomic E-state index is 0.126. The summed E-state index contributed by atoms with van der Waals surface area (Å²) >= 11 is 0. The molecule has 0 spiro atoms. The van der Waals surface area contributed by atoms with E-state index in [1.807, 2.05) is 11.0 Å². The van der Waals surface area contributed by atoms with Crippen molar-refractivity contribution in [2.75, 3.05) is 13.2 Å². The number of amides is 1. The van der Waals surface area contributed by atoms with Gasteiger partial charge in [-0.1, -0.05) is 69.3 Å². The Morgan fingerprint density at radius 3 is 2.29 bits per heavy atom. The van der Waals surface area contributed by atoms with Crippen molar-refractivity contribution in [1.82, 2.24) is 4.90 Å². The first-order valence-electron chi connectivity index (χ1n) is 10.8. The van der Waals surface area contributed by atoms with Gasteiger partial charge in [-0.2, -0.15) is 0 Å². The van der Waals surface area contributed by atoms with Gasteiger partial charge in [-0.15, -0.1) is 0 Å². The molecule has 2 aromatic rings. The van der Waals surface area contributed by atoms with Crippen LogP contribution in [0.2, 0.25) is 0 Å². The van der Waals surface area contributed by atoms with Crippen LogP contribution in [-0.2, 0) is 9.53 Å². The number of ketones is 1. The summed E-state index contributed by atoms with van der Waals surface area (Å²) in [5.41, 5.74) is 1.29. The van der Waals surface area contributed by atoms with Crippen molar-refractivity contribution in [3.05, 3.63) is 71.3 Å². The second-order valence-electron chi connectivity index (χ2n) is 10.1. The molecule has 0 N–H and O–H groups in total. The van der Waals surface area contributed by atoms with E-state index < -0.39 is 5.97 Å². The Labute approximate surface area is 183 Å². The highest BCUT2D eigenvalue weighted by molar-refractivity contribution is 6.14. The summed E-state index contributed by atoms with van der Waals surface area (Å²) < 4.78 is 5.38. The molecule has 2 aliphatic rings. The van der Waals surface area contributed by atoms with E-state index in [2.05, 4.69) is 20.8 Å². The predicted octanol–water partition coefficient (Wildman–Crippen LogP) is 4.50. The summed E-state index contributed by atoms with van der Waals surface area (Å²) in [6.45, 7) is 7.16. The average Bonchev–Trinajstić information content (AvgIpc) is 3.00. The van der Waals surface area contributed by atoms with E-state index in [-0.39, 0.29) is 46.3 Å². The minimum atomic E-state index is -0.651. The predicted molar refractivity (Wildman–Crippen MR) is 118 cm³/mol. The zero-order valence-electron chi connectivity index (χ0n) is 18.4. The van der Waals surface area contributed by atoms with Crippen LogP contribution < -0.4 is 0 Å². The van der Waals surface area contributed by atoms with Crippen LogP contribution in [0.15, 0.2) is 54.6 Å². The van der Waals surface area contributed by atoms with Gasteiger partial charge in [-0.3, -0.25) is 9.59 Å². The maximum Gasteiger partial charge on any atom is 0.339 e. The first-order valence-corrected chi connectivity index (χ1v) is 10.8. The molecule has 2 aromatic carbocycles. The Hall–Kier alpha value is -2.95. The summed E-state index contributed by atoms with van der Waals surface area (Å²) in [6, 6.07) is 15.6. The number of esters is 1. The molecule has 0 unspecified atom stereocenters. The van der Waals surface area contributed by atoms with E-state index in [0.717, 1.165) is 19.3 Å². The third-order valence-corrected chi connectivity index (χ3v) is 6.49. The van der Waals surface area contributed by atoms with Crippen LogP contribution in [0.25, 0.3) is 0 Å². The number of nitrogens with zero attached hydrogens (tertiary/aromatic N) is 1. The van der Waals surface area contributed by atoms with Crippen LogP contribution in [-0.4, -0.2) is 41.8 Å². The Balaban J connectivity index is 1.44. The van der Waals surface area contributed by atoms with Crippen molar-refractivity contribution < 1.29 is 19.1 Å². The molecular formula is C26H29NO4. The van der Waals surface area contributed by atoms with E-state index in [9.17, 15) is 14.4 Å². The van der Waals surface area contributed by atoms with Gasteiger partial charge < -0.3 is 9.64 Å². The smallest absolute Gasteiger partial charge is 0.339 e. The summed E-state index contributed by atoms with van der Waals surface area (Å²) in [6.07, 6.45) is 3.07. The standard InChI is InChI=1S/C26H29NO4/c1-25(2)13-19-14-26(3,16-25)17-27(19)22(28)15-31-24(30)21-12-8-7-11-20(21)23(29)18-9-5-4-6-10-18/h4-12,19H,13-17H2,1-3H3/t19-,26-/m0/s1. The molecule has 2 bridgehead atoms. The molecule has 2 atom stereocenters. The lowest BCUT2D eigenvalue weighted by molar-refractivity contribution is -0.135. The van der Waals surface area contributed by atoms with Crippen molar-refractivity contribution >= 4 is 17.7 Å². The van der Waals surface area contributed by atoms with Gasteiger partial charge in [0.05, 0.1) is 5.56 Å². The first-order chi connectivity index (χ1) is 14.7. The van der Waals surface area contributed by atoms with Gasteiger partial charge in [-0.05, 0) is 36.2 Å². The normalized spacial score (nSPS) is 24.0. The number of fused-ring (bicyclic) bond motifs is 2. The van der Waals surface area contributed by atoms with Gasteiger partial charge in [0, 0.05) is 23.7 Å². The largest absolute Gasteiger partial charge is 0.452 e. The van der Waals surface area contributed by atoms with Gasteiger partial charge >= 0.3 is 5.97 Å². The van der Waals surface area contributed by atoms with Crippen LogP contribution in [0.5, 0.6) is 0 Å². The molecule has 4 rings (SSSR count). The fourth-order valence-corrected chi connectivity index (χ4v) is 5.64. The molecule has 1 heterocycles. The van der Waals surface area contributed by atoms with Crippen molar-refractivity contribution in [2.24, 2.45) is 10.8 Å². The SMILES string of the molecule is CC1(C)C[C@H]2C[C@](C)(CN2C(=O)COC(=O)c2ccccc2C(=O)c2ccccc2)C1. The fraction of sp³-hybridized carbons (Fsp3) is 0.423. The Kier molecular flexibility index (Phi) is 5.46. The Morgan fingerprint density at radius 1 is 0.935 bits per heavy atom. The molecule has 1 amide bonds. The van der Waals surface area contributed by atoms with Crippen LogP contribution in [0, 0.1) is 10.8 Å². The quantitative estimate of drug-likeness (QED) is 0.529. The summed E-state index contributed by atoms with van der Waals surface area (Å²) in [7, 11) is 0. The third kappa shape index (κ3) is 4.41. The maximum absolute atomic E-state index is 12.9. The number of likely N-dealkylation sites (tertiary alicyclic amines) is 1. The van der Waals surface area contributed by atoms with Crippen LogP contribution in [0.3, 0.4) is 0 Å². The molecule has 5 heteroatoms. The van der Waals surface area contributed by atoms with Gasteiger partial charge in [0.2, 0.25) is 0 Å². The van der Waals surface area contributed by atoms with Crippen molar-refractivity contribution in [3.63, 3.8) is 0 Å². The molecular weight excluding hydrogens is 390 g/mol. The van der Waals surface area contributed by atoms with Gasteiger partial charge in [0.15, 0.2) is 12.4 Å². The van der Waals surface area contributed by atoms with Crippen molar-refractivity contribution in [2.45, 2.75) is 46.1 Å². The average molecular weight is 420 g/mol. The van der Waals surface area contributed by atoms with E-state index in [1.54, 1.807) is 48.5 Å². The van der Waals surface area contributed by atoms with E-state index in [0.29, 0.717) is 12.1 Å². The van der Waals surface area contributed by atoms with Gasteiger partial charge in [-0.25, -0.2) is 4.79 Å². The zero-order chi connectivity index (χ0) is 22.2. The first kappa shape index (κ1) is 21.3. The summed E-state index contributed by atoms with van der Waals surface area (Å²) in [5, 5.41) is 0. The molecule has 0 radical (unpaired) electrons. The zero-order valence-corrected chi connectivity index (χ0v) is 18.4. The number of carbonyl (C=O) groups is 3. The second kappa shape index (κ2) is 7.95. The topological polar surface area (TPSA) is 63.7 Å². The number of carbonyl (C=O) groups excluding carboxylic acids is 3. The molecule has 31 heavy (non-hydrogen) atoms. The number of hydrogen-bond acceptors (Lipinski definition) is 4. The Morgan fingerprint density at radius 2 is 1.58 bits per heavy atom. The molecule has 1 aliphatic carbocycles. The highest BCUT2D eigenvalue weighted by Crippen LogP contribution is 2.52. The van der Waals surface area contributed by atoms with Crippen LogP contribution in [0.4, 0.5) is 0 Å². The third-order valence-electron chi connectivity index (χ3n) is 6.49. The summed E-state index contributed by atoms with van der Waals surface area (Å²) in [5.74, 6) is -1.06. The van der Waals surface area contributed by atoms with Crippen molar-refractivity contribution in [1.29, 1.82) is 0 Å². The lowest BCUT2D eigenvalue weighted by atomic mass is 9.65. The molecule has 1 saturated carbocycles. The molecule has 0 aromatic heterocycles. The maximum atomic E-state index is 12.9. The number of rotatable bonds is 5. The van der Waals surface area contributed by atoms with Crippen molar-refractivity contribution in [3.8, 4) is 0 Å². The molecule has 1 saturated heterocycles. The molecule has 2 fully saturated rings. The Bertz CT molecular complexity index is 1010. The number of hydrogen-bond donors (Lipinski definition) is 0.